The fourth-order valence-corrected chi connectivity index (χ4v) is 2.38. The number of hydrogen-bond acceptors (Lipinski definition) is 2. The molecule has 3 nitrogen and oxygen atoms in total. The monoisotopic (exact) mass is 351 g/mol. The first kappa shape index (κ1) is 18.8. The van der Waals surface area contributed by atoms with E-state index in [1.54, 1.807) is 19.1 Å². The van der Waals surface area contributed by atoms with Crippen LogP contribution in [0.1, 0.15) is 30.0 Å². The molecule has 0 heterocycles. The Labute approximate surface area is 144 Å². The van der Waals surface area contributed by atoms with Gasteiger partial charge in [-0.05, 0) is 49.6 Å². The highest BCUT2D eigenvalue weighted by Crippen LogP contribution is 2.34. The molecule has 1 amide bonds. The van der Waals surface area contributed by atoms with Crippen LogP contribution in [0.3, 0.4) is 0 Å². The highest BCUT2D eigenvalue weighted by Gasteiger charge is 2.34. The number of hydrogen-bond donors (Lipinski definition) is 1. The number of amides is 1. The van der Waals surface area contributed by atoms with E-state index in [4.69, 9.17) is 4.74 Å². The van der Waals surface area contributed by atoms with E-state index in [2.05, 4.69) is 5.32 Å². The minimum Gasteiger partial charge on any atom is -0.480 e. The first-order valence-corrected chi connectivity index (χ1v) is 7.94. The summed E-state index contributed by atoms with van der Waals surface area (Å²) in [5, 5.41) is 2.34. The van der Waals surface area contributed by atoms with E-state index in [1.807, 2.05) is 19.9 Å². The lowest BCUT2D eigenvalue weighted by atomic mass is 10.1. The first-order valence-electron chi connectivity index (χ1n) is 7.94. The molecule has 2 rings (SSSR count). The molecule has 0 radical (unpaired) electrons. The quantitative estimate of drug-likeness (QED) is 0.812. The van der Waals surface area contributed by atoms with Crippen LogP contribution in [-0.2, 0) is 11.0 Å². The van der Waals surface area contributed by atoms with Crippen LogP contribution in [0, 0.1) is 13.8 Å². The highest BCUT2D eigenvalue weighted by molar-refractivity contribution is 5.95. The molecule has 0 saturated carbocycles. The van der Waals surface area contributed by atoms with Crippen LogP contribution in [0.25, 0.3) is 0 Å². The molecular formula is C19H20F3NO2. The average molecular weight is 351 g/mol. The van der Waals surface area contributed by atoms with Gasteiger partial charge in [-0.15, -0.1) is 0 Å². The van der Waals surface area contributed by atoms with Gasteiger partial charge in [0.2, 0.25) is 0 Å². The third kappa shape index (κ3) is 4.53. The number of carbonyl (C=O) groups is 1. The molecule has 25 heavy (non-hydrogen) atoms. The highest BCUT2D eigenvalue weighted by atomic mass is 19.4. The number of benzene rings is 2. The molecule has 1 atom stereocenters. The maximum Gasteiger partial charge on any atom is 0.418 e. The zero-order valence-electron chi connectivity index (χ0n) is 14.3. The molecule has 0 spiro atoms. The summed E-state index contributed by atoms with van der Waals surface area (Å²) in [7, 11) is 0. The maximum absolute atomic E-state index is 13.0. The molecule has 0 saturated heterocycles. The molecule has 134 valence electrons. The van der Waals surface area contributed by atoms with Gasteiger partial charge in [-0.2, -0.15) is 13.2 Å². The van der Waals surface area contributed by atoms with Crippen molar-refractivity contribution in [2.24, 2.45) is 0 Å². The van der Waals surface area contributed by atoms with Gasteiger partial charge in [0.25, 0.3) is 5.91 Å². The number of nitrogens with one attached hydrogen (secondary N) is 1. The summed E-state index contributed by atoms with van der Waals surface area (Å²) in [6, 6.07) is 10.3. The van der Waals surface area contributed by atoms with Gasteiger partial charge in [-0.3, -0.25) is 4.79 Å². The van der Waals surface area contributed by atoms with Gasteiger partial charge in [0.15, 0.2) is 6.10 Å². The Balaban J connectivity index is 2.20. The summed E-state index contributed by atoms with van der Waals surface area (Å²) in [6.07, 6.45) is -5.10. The Kier molecular flexibility index (Phi) is 5.72. The van der Waals surface area contributed by atoms with E-state index < -0.39 is 23.8 Å². The van der Waals surface area contributed by atoms with Crippen molar-refractivity contribution < 1.29 is 22.7 Å². The topological polar surface area (TPSA) is 38.3 Å². The first-order chi connectivity index (χ1) is 11.7. The Morgan fingerprint density at radius 1 is 1.12 bits per heavy atom. The Bertz CT molecular complexity index is 757. The van der Waals surface area contributed by atoms with Crippen molar-refractivity contribution in [2.45, 2.75) is 39.5 Å². The standard InChI is InChI=1S/C19H20F3NO2/c1-4-16(25-17-11-7-8-12(2)13(17)3)18(24)23-15-10-6-5-9-14(15)19(20,21)22/h5-11,16H,4H2,1-3H3,(H,23,24)/t16-/m1/s1. The summed E-state index contributed by atoms with van der Waals surface area (Å²) < 4.78 is 44.9. The molecule has 0 aliphatic rings. The fraction of sp³-hybridized carbons (Fsp3) is 0.316. The molecule has 6 heteroatoms. The number of ether oxygens (including phenoxy) is 1. The summed E-state index contributed by atoms with van der Waals surface area (Å²) in [4.78, 5) is 12.4. The van der Waals surface area contributed by atoms with Crippen molar-refractivity contribution in [1.82, 2.24) is 0 Å². The lowest BCUT2D eigenvalue weighted by Gasteiger charge is -2.20. The molecule has 0 fully saturated rings. The lowest BCUT2D eigenvalue weighted by molar-refractivity contribution is -0.137. The van der Waals surface area contributed by atoms with E-state index in [-0.39, 0.29) is 5.69 Å². The van der Waals surface area contributed by atoms with Crippen molar-refractivity contribution in [3.63, 3.8) is 0 Å². The molecular weight excluding hydrogens is 331 g/mol. The Morgan fingerprint density at radius 2 is 1.80 bits per heavy atom. The van der Waals surface area contributed by atoms with Crippen molar-refractivity contribution in [3.8, 4) is 5.75 Å². The van der Waals surface area contributed by atoms with Gasteiger partial charge in [-0.1, -0.05) is 31.2 Å². The number of alkyl halides is 3. The van der Waals surface area contributed by atoms with Crippen LogP contribution in [0.15, 0.2) is 42.5 Å². The smallest absolute Gasteiger partial charge is 0.418 e. The SMILES string of the molecule is CC[C@@H](Oc1cccc(C)c1C)C(=O)Nc1ccccc1C(F)(F)F. The van der Waals surface area contributed by atoms with Gasteiger partial charge < -0.3 is 10.1 Å². The molecule has 0 aromatic heterocycles. The molecule has 2 aromatic carbocycles. The summed E-state index contributed by atoms with van der Waals surface area (Å²) in [5.74, 6) is -0.0637. The van der Waals surface area contributed by atoms with Gasteiger partial charge in [0, 0.05) is 0 Å². The fourth-order valence-electron chi connectivity index (χ4n) is 2.38. The number of para-hydroxylation sites is 1. The second-order valence-electron chi connectivity index (χ2n) is 5.75. The van der Waals surface area contributed by atoms with Crippen LogP contribution in [0.4, 0.5) is 18.9 Å². The zero-order valence-corrected chi connectivity index (χ0v) is 14.3. The lowest BCUT2D eigenvalue weighted by Crippen LogP contribution is -2.33. The van der Waals surface area contributed by atoms with Crippen LogP contribution in [0.2, 0.25) is 0 Å². The molecule has 1 N–H and O–H groups in total. The van der Waals surface area contributed by atoms with Gasteiger partial charge in [0.05, 0.1) is 11.3 Å². The minimum atomic E-state index is -4.54. The van der Waals surface area contributed by atoms with E-state index in [0.717, 1.165) is 17.2 Å². The summed E-state index contributed by atoms with van der Waals surface area (Å²) in [5.41, 5.74) is 0.743. The number of halogens is 3. The Morgan fingerprint density at radius 3 is 2.44 bits per heavy atom. The van der Waals surface area contributed by atoms with Crippen LogP contribution < -0.4 is 10.1 Å². The normalized spacial score (nSPS) is 12.6. The van der Waals surface area contributed by atoms with Crippen molar-refractivity contribution >= 4 is 11.6 Å². The van der Waals surface area contributed by atoms with E-state index in [9.17, 15) is 18.0 Å². The minimum absolute atomic E-state index is 0.275. The van der Waals surface area contributed by atoms with E-state index in [1.165, 1.54) is 18.2 Å². The predicted molar refractivity (Wildman–Crippen MR) is 90.7 cm³/mol. The third-order valence-corrected chi connectivity index (χ3v) is 3.98. The second kappa shape index (κ2) is 7.59. The zero-order chi connectivity index (χ0) is 18.6. The van der Waals surface area contributed by atoms with Gasteiger partial charge in [-0.25, -0.2) is 0 Å². The largest absolute Gasteiger partial charge is 0.480 e. The number of anilines is 1. The number of rotatable bonds is 5. The average Bonchev–Trinajstić information content (AvgIpc) is 2.55. The second-order valence-corrected chi connectivity index (χ2v) is 5.75. The van der Waals surface area contributed by atoms with Crippen LogP contribution >= 0.6 is 0 Å². The van der Waals surface area contributed by atoms with Crippen molar-refractivity contribution in [2.75, 3.05) is 5.32 Å². The van der Waals surface area contributed by atoms with Crippen LogP contribution in [-0.4, -0.2) is 12.0 Å². The summed E-state index contributed by atoms with van der Waals surface area (Å²) >= 11 is 0. The van der Waals surface area contributed by atoms with Gasteiger partial charge >= 0.3 is 6.18 Å². The van der Waals surface area contributed by atoms with E-state index >= 15 is 0 Å². The Hall–Kier alpha value is -2.50. The molecule has 0 bridgehead atoms. The van der Waals surface area contributed by atoms with Crippen molar-refractivity contribution in [1.29, 1.82) is 0 Å². The molecule has 0 aliphatic heterocycles. The van der Waals surface area contributed by atoms with Gasteiger partial charge in [0.1, 0.15) is 5.75 Å². The number of aryl methyl sites for hydroxylation is 1. The predicted octanol–water partition coefficient (Wildman–Crippen LogP) is 5.12. The molecule has 0 aliphatic carbocycles. The summed E-state index contributed by atoms with van der Waals surface area (Å²) in [6.45, 7) is 5.53. The molecule has 0 unspecified atom stereocenters. The number of carbonyl (C=O) groups excluding carboxylic acids is 1. The maximum atomic E-state index is 13.0. The third-order valence-electron chi connectivity index (χ3n) is 3.98. The molecule has 2 aromatic rings. The van der Waals surface area contributed by atoms with E-state index in [0.29, 0.717) is 12.2 Å². The van der Waals surface area contributed by atoms with Crippen LogP contribution in [0.5, 0.6) is 5.75 Å². The van der Waals surface area contributed by atoms with Crippen molar-refractivity contribution in [3.05, 3.63) is 59.2 Å².